The summed E-state index contributed by atoms with van der Waals surface area (Å²) in [5.74, 6) is 1.15. The minimum Gasteiger partial charge on any atom is -0.327 e. The third-order valence-corrected chi connectivity index (χ3v) is 3.84. The van der Waals surface area contributed by atoms with Crippen molar-refractivity contribution in [3.05, 3.63) is 70.3 Å². The second-order valence-corrected chi connectivity index (χ2v) is 5.39. The second-order valence-electron chi connectivity index (χ2n) is 4.46. The van der Waals surface area contributed by atoms with Crippen LogP contribution < -0.4 is 0 Å². The third kappa shape index (κ3) is 3.32. The van der Waals surface area contributed by atoms with Crippen LogP contribution >= 0.6 is 11.8 Å². The third-order valence-electron chi connectivity index (χ3n) is 2.95. The largest absolute Gasteiger partial charge is 0.327 e. The van der Waals surface area contributed by atoms with Gasteiger partial charge in [0, 0.05) is 23.4 Å². The van der Waals surface area contributed by atoms with Gasteiger partial charge in [0.2, 0.25) is 5.82 Å². The molecule has 0 aliphatic heterocycles. The highest BCUT2D eigenvalue weighted by atomic mass is 32.2. The van der Waals surface area contributed by atoms with Crippen molar-refractivity contribution < 1.29 is 9.45 Å². The van der Waals surface area contributed by atoms with Crippen LogP contribution in [0.3, 0.4) is 0 Å². The number of hydrogen-bond donors (Lipinski definition) is 0. The van der Waals surface area contributed by atoms with E-state index < -0.39 is 4.92 Å². The molecule has 0 spiro atoms. The fraction of sp³-hybridized carbons (Fsp3) is 0.0667. The zero-order chi connectivity index (χ0) is 15.4. The lowest BCUT2D eigenvalue weighted by atomic mass is 10.2. The van der Waals surface area contributed by atoms with Crippen molar-refractivity contribution in [1.29, 1.82) is 0 Å². The van der Waals surface area contributed by atoms with Crippen molar-refractivity contribution in [3.63, 3.8) is 0 Å². The SMILES string of the molecule is O=[N+]([O-])c1ccc(CSc2nc(-c3ccccc3)no2)cc1. The highest BCUT2D eigenvalue weighted by Crippen LogP contribution is 2.25. The van der Waals surface area contributed by atoms with Gasteiger partial charge in [-0.15, -0.1) is 0 Å². The van der Waals surface area contributed by atoms with Crippen molar-refractivity contribution in [2.24, 2.45) is 0 Å². The van der Waals surface area contributed by atoms with E-state index in [9.17, 15) is 10.1 Å². The van der Waals surface area contributed by atoms with E-state index in [1.54, 1.807) is 12.1 Å². The smallest absolute Gasteiger partial charge is 0.286 e. The van der Waals surface area contributed by atoms with Crippen LogP contribution in [0.2, 0.25) is 0 Å². The highest BCUT2D eigenvalue weighted by molar-refractivity contribution is 7.98. The minimum atomic E-state index is -0.416. The molecule has 0 saturated carbocycles. The molecule has 0 bridgehead atoms. The van der Waals surface area contributed by atoms with Crippen molar-refractivity contribution >= 4 is 17.4 Å². The van der Waals surface area contributed by atoms with Crippen molar-refractivity contribution in [3.8, 4) is 11.4 Å². The topological polar surface area (TPSA) is 82.1 Å². The monoisotopic (exact) mass is 313 g/mol. The predicted octanol–water partition coefficient (Wildman–Crippen LogP) is 3.94. The molecule has 0 radical (unpaired) electrons. The van der Waals surface area contributed by atoms with Crippen LogP contribution in [-0.2, 0) is 5.75 Å². The van der Waals surface area contributed by atoms with Crippen LogP contribution in [0.25, 0.3) is 11.4 Å². The van der Waals surface area contributed by atoms with Gasteiger partial charge in [-0.05, 0) is 5.56 Å². The van der Waals surface area contributed by atoms with Crippen LogP contribution in [0.15, 0.2) is 64.3 Å². The normalized spacial score (nSPS) is 10.5. The first-order valence-corrected chi connectivity index (χ1v) is 7.46. The molecule has 110 valence electrons. The molecular weight excluding hydrogens is 302 g/mol. The van der Waals surface area contributed by atoms with Gasteiger partial charge in [-0.2, -0.15) is 4.98 Å². The minimum absolute atomic E-state index is 0.0814. The summed E-state index contributed by atoms with van der Waals surface area (Å²) in [6.45, 7) is 0. The maximum absolute atomic E-state index is 10.6. The van der Waals surface area contributed by atoms with Gasteiger partial charge in [-0.3, -0.25) is 10.1 Å². The molecule has 22 heavy (non-hydrogen) atoms. The van der Waals surface area contributed by atoms with Crippen molar-refractivity contribution in [2.45, 2.75) is 11.0 Å². The Bertz CT molecular complexity index is 772. The van der Waals surface area contributed by atoms with Crippen LogP contribution in [0.1, 0.15) is 5.56 Å². The molecule has 1 aromatic heterocycles. The maximum Gasteiger partial charge on any atom is 0.286 e. The molecule has 6 nitrogen and oxygen atoms in total. The molecule has 2 aromatic carbocycles. The van der Waals surface area contributed by atoms with E-state index in [2.05, 4.69) is 10.1 Å². The molecule has 3 rings (SSSR count). The van der Waals surface area contributed by atoms with Crippen LogP contribution in [0.4, 0.5) is 5.69 Å². The van der Waals surface area contributed by atoms with E-state index >= 15 is 0 Å². The van der Waals surface area contributed by atoms with E-state index in [0.29, 0.717) is 16.8 Å². The Morgan fingerprint density at radius 1 is 1.09 bits per heavy atom. The summed E-state index contributed by atoms with van der Waals surface area (Å²) in [4.78, 5) is 14.5. The molecule has 7 heteroatoms. The number of non-ortho nitro benzene ring substituents is 1. The molecule has 0 amide bonds. The number of nitrogens with zero attached hydrogens (tertiary/aromatic N) is 3. The van der Waals surface area contributed by atoms with Gasteiger partial charge >= 0.3 is 0 Å². The molecule has 0 saturated heterocycles. The van der Waals surface area contributed by atoms with Gasteiger partial charge in [0.1, 0.15) is 0 Å². The fourth-order valence-electron chi connectivity index (χ4n) is 1.83. The average molecular weight is 313 g/mol. The summed E-state index contributed by atoms with van der Waals surface area (Å²) in [6, 6.07) is 16.0. The van der Waals surface area contributed by atoms with Crippen molar-refractivity contribution in [1.82, 2.24) is 10.1 Å². The van der Waals surface area contributed by atoms with Gasteiger partial charge in [-0.25, -0.2) is 0 Å². The van der Waals surface area contributed by atoms with E-state index in [-0.39, 0.29) is 5.69 Å². The van der Waals surface area contributed by atoms with Gasteiger partial charge < -0.3 is 4.52 Å². The van der Waals surface area contributed by atoms with E-state index in [1.807, 2.05) is 30.3 Å². The van der Waals surface area contributed by atoms with Gasteiger partial charge in [-0.1, -0.05) is 59.4 Å². The lowest BCUT2D eigenvalue weighted by Crippen LogP contribution is -1.88. The summed E-state index contributed by atoms with van der Waals surface area (Å²) >= 11 is 1.39. The number of thioether (sulfide) groups is 1. The Balaban J connectivity index is 1.65. The molecular formula is C15H11N3O3S. The first-order valence-electron chi connectivity index (χ1n) is 6.47. The Morgan fingerprint density at radius 3 is 2.50 bits per heavy atom. The number of aromatic nitrogens is 2. The van der Waals surface area contributed by atoms with E-state index in [4.69, 9.17) is 4.52 Å². The van der Waals surface area contributed by atoms with Gasteiger partial charge in [0.15, 0.2) is 0 Å². The first-order chi connectivity index (χ1) is 10.7. The number of nitro groups is 1. The molecule has 0 unspecified atom stereocenters. The molecule has 3 aromatic rings. The Morgan fingerprint density at radius 2 is 1.82 bits per heavy atom. The summed E-state index contributed by atoms with van der Waals surface area (Å²) < 4.78 is 5.20. The van der Waals surface area contributed by atoms with Crippen LogP contribution in [0, 0.1) is 10.1 Å². The van der Waals surface area contributed by atoms with E-state index in [1.165, 1.54) is 23.9 Å². The predicted molar refractivity (Wildman–Crippen MR) is 82.4 cm³/mol. The molecule has 0 N–H and O–H groups in total. The molecule has 0 aliphatic carbocycles. The molecule has 0 aliphatic rings. The van der Waals surface area contributed by atoms with Gasteiger partial charge in [0.25, 0.3) is 10.9 Å². The molecule has 0 atom stereocenters. The van der Waals surface area contributed by atoms with E-state index in [0.717, 1.165) is 11.1 Å². The Kier molecular flexibility index (Phi) is 4.15. The standard InChI is InChI=1S/C15H11N3O3S/c19-18(20)13-8-6-11(7-9-13)10-22-15-16-14(17-21-15)12-4-2-1-3-5-12/h1-9H,10H2. The van der Waals surface area contributed by atoms with Crippen LogP contribution in [-0.4, -0.2) is 15.1 Å². The fourth-order valence-corrected chi connectivity index (χ4v) is 2.56. The van der Waals surface area contributed by atoms with Crippen molar-refractivity contribution in [2.75, 3.05) is 0 Å². The summed E-state index contributed by atoms with van der Waals surface area (Å²) in [5.41, 5.74) is 1.93. The Labute approximate surface area is 130 Å². The lowest BCUT2D eigenvalue weighted by molar-refractivity contribution is -0.384. The number of rotatable bonds is 5. The number of hydrogen-bond acceptors (Lipinski definition) is 6. The summed E-state index contributed by atoms with van der Waals surface area (Å²) in [6.07, 6.45) is 0. The number of benzene rings is 2. The molecule has 1 heterocycles. The first kappa shape index (κ1) is 14.3. The summed E-state index contributed by atoms with van der Waals surface area (Å²) in [7, 11) is 0. The maximum atomic E-state index is 10.6. The highest BCUT2D eigenvalue weighted by Gasteiger charge is 2.09. The lowest BCUT2D eigenvalue weighted by Gasteiger charge is -1.97. The molecule has 0 fully saturated rings. The number of nitro benzene ring substituents is 1. The average Bonchev–Trinajstić information content (AvgIpc) is 3.03. The Hall–Kier alpha value is -2.67. The summed E-state index contributed by atoms with van der Waals surface area (Å²) in [5, 5.41) is 15.0. The quantitative estimate of drug-likeness (QED) is 0.403. The van der Waals surface area contributed by atoms with Crippen LogP contribution in [0.5, 0.6) is 0 Å². The van der Waals surface area contributed by atoms with Gasteiger partial charge in [0.05, 0.1) is 4.92 Å². The second kappa shape index (κ2) is 6.40. The zero-order valence-corrected chi connectivity index (χ0v) is 12.2. The zero-order valence-electron chi connectivity index (χ0n) is 11.4.